The highest BCUT2D eigenvalue weighted by Gasteiger charge is 2.50. The van der Waals surface area contributed by atoms with Crippen molar-refractivity contribution in [3.8, 4) is 0 Å². The molecular weight excluding hydrogens is 750 g/mol. The van der Waals surface area contributed by atoms with E-state index in [0.717, 1.165) is 29.9 Å². The molecule has 0 spiro atoms. The van der Waals surface area contributed by atoms with E-state index in [2.05, 4.69) is 21.0 Å². The van der Waals surface area contributed by atoms with Crippen LogP contribution in [-0.4, -0.2) is 86.1 Å². The zero-order chi connectivity index (χ0) is 39.6. The SMILES string of the molecule is CC(=O)O.CCc1ccc2ccc(/C=C/C(C)(C)[C@@H](NC(C(=O)NC(C)C(=O)N3CCCC(C(=O)OCC(Cl)(Cl)Cl)N3)C(C)C)C(F)(F)F)cc2n1. The van der Waals surface area contributed by atoms with Crippen LogP contribution in [0.3, 0.4) is 0 Å². The number of ether oxygens (including phenoxy) is 1. The largest absolute Gasteiger partial charge is 0.481 e. The minimum absolute atomic E-state index is 0.225. The summed E-state index contributed by atoms with van der Waals surface area (Å²) < 4.78 is 47.0. The molecule has 4 N–H and O–H groups in total. The zero-order valence-corrected chi connectivity index (χ0v) is 32.4. The van der Waals surface area contributed by atoms with Crippen molar-refractivity contribution >= 4 is 75.5 Å². The third-order valence-corrected chi connectivity index (χ3v) is 8.38. The molecule has 52 heavy (non-hydrogen) atoms. The molecule has 290 valence electrons. The molecule has 1 aromatic heterocycles. The molecule has 1 aromatic carbocycles. The lowest BCUT2D eigenvalue weighted by Gasteiger charge is -2.38. The Morgan fingerprint density at radius 1 is 1.12 bits per heavy atom. The predicted octanol–water partition coefficient (Wildman–Crippen LogP) is 6.39. The quantitative estimate of drug-likeness (QED) is 0.142. The number of hydrogen-bond donors (Lipinski definition) is 4. The number of esters is 1. The number of hydrogen-bond acceptors (Lipinski definition) is 8. The van der Waals surface area contributed by atoms with Gasteiger partial charge in [0.05, 0.1) is 11.6 Å². The lowest BCUT2D eigenvalue weighted by Crippen LogP contribution is -2.63. The van der Waals surface area contributed by atoms with Crippen LogP contribution in [0.1, 0.15) is 72.6 Å². The summed E-state index contributed by atoms with van der Waals surface area (Å²) in [5, 5.41) is 14.6. The van der Waals surface area contributed by atoms with Gasteiger partial charge in [-0.15, -0.1) is 0 Å². The molecule has 11 nitrogen and oxygen atoms in total. The van der Waals surface area contributed by atoms with E-state index in [1.165, 1.54) is 31.9 Å². The van der Waals surface area contributed by atoms with Crippen LogP contribution < -0.4 is 16.1 Å². The van der Waals surface area contributed by atoms with E-state index in [-0.39, 0.29) is 6.54 Å². The average Bonchev–Trinajstić information content (AvgIpc) is 3.04. The number of nitrogens with zero attached hydrogens (tertiary/aromatic N) is 2. The van der Waals surface area contributed by atoms with E-state index in [1.54, 1.807) is 19.9 Å². The Hall–Kier alpha value is -3.17. The van der Waals surface area contributed by atoms with Gasteiger partial charge < -0.3 is 15.2 Å². The topological polar surface area (TPSA) is 150 Å². The molecule has 4 atom stereocenters. The minimum Gasteiger partial charge on any atom is -0.481 e. The molecule has 3 rings (SSSR count). The Kier molecular flexibility index (Phi) is 16.6. The van der Waals surface area contributed by atoms with Gasteiger partial charge in [0.1, 0.15) is 24.7 Å². The highest BCUT2D eigenvalue weighted by molar-refractivity contribution is 6.67. The molecule has 1 saturated heterocycles. The maximum absolute atomic E-state index is 14.6. The number of nitrogens with one attached hydrogen (secondary N) is 3. The van der Waals surface area contributed by atoms with Crippen molar-refractivity contribution in [1.29, 1.82) is 0 Å². The van der Waals surface area contributed by atoms with E-state index >= 15 is 0 Å². The number of carboxylic acids is 1. The summed E-state index contributed by atoms with van der Waals surface area (Å²) in [5.41, 5.74) is 3.62. The minimum atomic E-state index is -4.72. The predicted molar refractivity (Wildman–Crippen MR) is 196 cm³/mol. The molecule has 3 unspecified atom stereocenters. The first-order chi connectivity index (χ1) is 23.9. The Morgan fingerprint density at radius 2 is 1.73 bits per heavy atom. The second kappa shape index (κ2) is 19.2. The molecule has 2 aromatic rings. The van der Waals surface area contributed by atoms with Crippen LogP contribution in [-0.2, 0) is 30.3 Å². The number of aliphatic carboxylic acids is 1. The summed E-state index contributed by atoms with van der Waals surface area (Å²) in [7, 11) is 0. The van der Waals surface area contributed by atoms with Crippen LogP contribution in [0.2, 0.25) is 0 Å². The van der Waals surface area contributed by atoms with Gasteiger partial charge in [0.15, 0.2) is 0 Å². The summed E-state index contributed by atoms with van der Waals surface area (Å²) in [6, 6.07) is 3.97. The van der Waals surface area contributed by atoms with Crippen molar-refractivity contribution in [3.05, 3.63) is 47.7 Å². The van der Waals surface area contributed by atoms with Crippen molar-refractivity contribution in [1.82, 2.24) is 26.1 Å². The first kappa shape index (κ1) is 45.0. The number of aromatic nitrogens is 1. The number of fused-ring (bicyclic) bond motifs is 1. The smallest absolute Gasteiger partial charge is 0.404 e. The van der Waals surface area contributed by atoms with Crippen LogP contribution in [0.5, 0.6) is 0 Å². The summed E-state index contributed by atoms with van der Waals surface area (Å²) in [4.78, 5) is 52.6. The van der Waals surface area contributed by atoms with Crippen molar-refractivity contribution in [2.75, 3.05) is 13.2 Å². The van der Waals surface area contributed by atoms with Crippen molar-refractivity contribution in [3.63, 3.8) is 0 Å². The fourth-order valence-corrected chi connectivity index (χ4v) is 5.50. The zero-order valence-electron chi connectivity index (χ0n) is 30.1. The highest BCUT2D eigenvalue weighted by atomic mass is 35.6. The molecule has 0 radical (unpaired) electrons. The lowest BCUT2D eigenvalue weighted by molar-refractivity contribution is -0.177. The van der Waals surface area contributed by atoms with Crippen LogP contribution >= 0.6 is 34.8 Å². The number of carbonyl (C=O) groups excluding carboxylic acids is 3. The summed E-state index contributed by atoms with van der Waals surface area (Å²) >= 11 is 16.9. The maximum atomic E-state index is 14.6. The van der Waals surface area contributed by atoms with Crippen molar-refractivity contribution < 1.29 is 42.2 Å². The van der Waals surface area contributed by atoms with Crippen molar-refractivity contribution in [2.24, 2.45) is 11.3 Å². The van der Waals surface area contributed by atoms with E-state index < -0.39 is 75.8 Å². The Balaban J connectivity index is 0.00000222. The fourth-order valence-electron chi connectivity index (χ4n) is 5.33. The van der Waals surface area contributed by atoms with Gasteiger partial charge in [-0.05, 0) is 49.8 Å². The van der Waals surface area contributed by atoms with Gasteiger partial charge in [-0.3, -0.25) is 34.5 Å². The number of rotatable bonds is 12. The van der Waals surface area contributed by atoms with Gasteiger partial charge in [-0.2, -0.15) is 13.2 Å². The molecule has 0 saturated carbocycles. The van der Waals surface area contributed by atoms with Gasteiger partial charge in [-0.1, -0.05) is 99.8 Å². The number of hydrazine groups is 1. The first-order valence-electron chi connectivity index (χ1n) is 16.7. The number of halogens is 6. The Labute approximate surface area is 316 Å². The second-order valence-electron chi connectivity index (χ2n) is 13.4. The standard InChI is InChI=1S/C33H43Cl3F3N5O4.C2H4O2/c1-7-23-13-12-22-11-10-21(17-25(22)41-23)14-15-31(5,6)30(33(37,38)39)42-26(19(2)3)27(45)40-20(4)28(46)44-16-8-9-24(43-44)29(47)48-18-32(34,35)36;1-2(3)4/h10-15,17,19-20,24,26,30,42-43H,7-9,16,18H2,1-6H3,(H,40,45);1H3,(H,3,4)/b15-14+;/t20?,24?,26?,30-;/m1./s1. The molecule has 1 fully saturated rings. The number of pyridine rings is 1. The fraction of sp³-hybridized carbons (Fsp3) is 0.571. The third-order valence-electron chi connectivity index (χ3n) is 8.05. The third kappa shape index (κ3) is 14.3. The summed E-state index contributed by atoms with van der Waals surface area (Å²) in [6.45, 7) is 10.4. The van der Waals surface area contributed by atoms with Gasteiger partial charge in [0.25, 0.3) is 11.9 Å². The normalized spacial score (nSPS) is 17.3. The van der Waals surface area contributed by atoms with E-state index in [4.69, 9.17) is 49.4 Å². The molecular formula is C35H47Cl3F3N5O6. The molecule has 1 aliphatic heterocycles. The molecule has 2 heterocycles. The molecule has 17 heteroatoms. The van der Waals surface area contributed by atoms with E-state index in [0.29, 0.717) is 18.4 Å². The number of amides is 2. The van der Waals surface area contributed by atoms with Gasteiger partial charge in [0, 0.05) is 30.0 Å². The molecule has 2 amide bonds. The van der Waals surface area contributed by atoms with Crippen LogP contribution in [0, 0.1) is 11.3 Å². The van der Waals surface area contributed by atoms with Gasteiger partial charge in [-0.25, -0.2) is 5.43 Å². The number of aryl methyl sites for hydroxylation is 1. The van der Waals surface area contributed by atoms with E-state index in [9.17, 15) is 27.6 Å². The monoisotopic (exact) mass is 795 g/mol. The van der Waals surface area contributed by atoms with Gasteiger partial charge >= 0.3 is 12.1 Å². The average molecular weight is 797 g/mol. The second-order valence-corrected chi connectivity index (χ2v) is 15.9. The number of carboxylic acid groups (broad SMARTS) is 1. The highest BCUT2D eigenvalue weighted by Crippen LogP contribution is 2.36. The molecule has 0 aliphatic carbocycles. The van der Waals surface area contributed by atoms with Crippen LogP contribution in [0.4, 0.5) is 13.2 Å². The van der Waals surface area contributed by atoms with Crippen LogP contribution in [0.25, 0.3) is 17.0 Å². The Morgan fingerprint density at radius 3 is 2.29 bits per heavy atom. The maximum Gasteiger partial charge on any atom is 0.404 e. The van der Waals surface area contributed by atoms with Gasteiger partial charge in [0.2, 0.25) is 9.70 Å². The molecule has 1 aliphatic rings. The number of alkyl halides is 6. The molecule has 0 bridgehead atoms. The van der Waals surface area contributed by atoms with Crippen molar-refractivity contribution in [2.45, 2.75) is 102 Å². The van der Waals surface area contributed by atoms with E-state index in [1.807, 2.05) is 37.3 Å². The van der Waals surface area contributed by atoms with Crippen LogP contribution in [0.15, 0.2) is 36.4 Å². The first-order valence-corrected chi connectivity index (χ1v) is 17.8. The summed E-state index contributed by atoms with van der Waals surface area (Å²) in [5.74, 6) is -3.49. The Bertz CT molecular complexity index is 1580. The number of benzene rings is 1. The number of carbonyl (C=O) groups is 4. The lowest BCUT2D eigenvalue weighted by atomic mass is 9.82. The summed E-state index contributed by atoms with van der Waals surface area (Å²) in [6.07, 6.45) is -0.0796.